The number of carbonyl (C=O) groups is 1. The van der Waals surface area contributed by atoms with E-state index in [-0.39, 0.29) is 0 Å². The number of amides is 2. The van der Waals surface area contributed by atoms with Crippen LogP contribution in [0.3, 0.4) is 0 Å². The third-order valence-electron chi connectivity index (χ3n) is 4.21. The van der Waals surface area contributed by atoms with E-state index in [2.05, 4.69) is 30.2 Å². The van der Waals surface area contributed by atoms with Gasteiger partial charge in [-0.25, -0.2) is 14.5 Å². The molecule has 0 radical (unpaired) electrons. The van der Waals surface area contributed by atoms with Crippen LogP contribution in [-0.2, 0) is 6.54 Å². The molecule has 0 bridgehead atoms. The zero-order valence-corrected chi connectivity index (χ0v) is 15.6. The summed E-state index contributed by atoms with van der Waals surface area (Å²) in [6.07, 6.45) is 1.74. The Kier molecular flexibility index (Phi) is 5.40. The van der Waals surface area contributed by atoms with Crippen LogP contribution in [0.15, 0.2) is 48.7 Å². The lowest BCUT2D eigenvalue weighted by Gasteiger charge is -2.09. The number of nitrogens with zero attached hydrogens (tertiary/aromatic N) is 3. The van der Waals surface area contributed by atoms with E-state index in [1.165, 1.54) is 0 Å². The number of hydrogen-bond acceptors (Lipinski definition) is 4. The van der Waals surface area contributed by atoms with Crippen molar-refractivity contribution >= 4 is 6.03 Å². The summed E-state index contributed by atoms with van der Waals surface area (Å²) in [4.78, 5) is 15.1. The summed E-state index contributed by atoms with van der Waals surface area (Å²) in [5, 5.41) is 7.35. The fourth-order valence-electron chi connectivity index (χ4n) is 2.69. The number of methoxy groups -OCH3 is 1. The molecule has 0 spiro atoms. The largest absolute Gasteiger partial charge is 0.481 e. The molecule has 0 unspecified atom stereocenters. The van der Waals surface area contributed by atoms with Gasteiger partial charge in [0.1, 0.15) is 0 Å². The summed E-state index contributed by atoms with van der Waals surface area (Å²) < 4.78 is 7.02. The first-order valence-corrected chi connectivity index (χ1v) is 8.71. The molecule has 0 aliphatic rings. The first-order valence-electron chi connectivity index (χ1n) is 8.71. The quantitative estimate of drug-likeness (QED) is 0.701. The Balaban J connectivity index is 1.97. The molecule has 3 rings (SSSR count). The molecule has 0 saturated carbocycles. The second-order valence-electron chi connectivity index (χ2n) is 6.49. The first-order chi connectivity index (χ1) is 13.0. The minimum atomic E-state index is -0.536. The van der Waals surface area contributed by atoms with E-state index < -0.39 is 6.03 Å². The normalized spacial score (nSPS) is 10.8. The van der Waals surface area contributed by atoms with Gasteiger partial charge in [-0.3, -0.25) is 0 Å². The van der Waals surface area contributed by atoms with E-state index in [4.69, 9.17) is 15.6 Å². The van der Waals surface area contributed by atoms with E-state index in [0.29, 0.717) is 18.3 Å². The van der Waals surface area contributed by atoms with E-state index in [1.807, 2.05) is 41.1 Å². The molecule has 3 N–H and O–H groups in total. The second-order valence-corrected chi connectivity index (χ2v) is 6.49. The van der Waals surface area contributed by atoms with Crippen molar-refractivity contribution in [2.24, 2.45) is 5.73 Å². The predicted molar refractivity (Wildman–Crippen MR) is 104 cm³/mol. The van der Waals surface area contributed by atoms with Gasteiger partial charge in [-0.15, -0.1) is 0 Å². The lowest BCUT2D eigenvalue weighted by molar-refractivity contribution is 0.248. The van der Waals surface area contributed by atoms with Crippen molar-refractivity contribution in [3.63, 3.8) is 0 Å². The molecule has 140 valence electrons. The summed E-state index contributed by atoms with van der Waals surface area (Å²) in [5.74, 6) is 0.859. The minimum Gasteiger partial charge on any atom is -0.481 e. The van der Waals surface area contributed by atoms with Crippen LogP contribution in [0.25, 0.3) is 16.9 Å². The van der Waals surface area contributed by atoms with Crippen LogP contribution in [0.4, 0.5) is 4.79 Å². The fourth-order valence-corrected chi connectivity index (χ4v) is 2.69. The monoisotopic (exact) mass is 365 g/mol. The number of benzene rings is 1. The molecule has 3 aromatic rings. The molecule has 2 amide bonds. The number of carbonyl (C=O) groups excluding carboxylic acids is 1. The maximum atomic E-state index is 10.9. The van der Waals surface area contributed by atoms with Crippen molar-refractivity contribution in [3.8, 4) is 22.8 Å². The number of hydrogen-bond donors (Lipinski definition) is 2. The second kappa shape index (κ2) is 7.90. The van der Waals surface area contributed by atoms with Gasteiger partial charge in [0.05, 0.1) is 30.4 Å². The van der Waals surface area contributed by atoms with Crippen molar-refractivity contribution in [2.75, 3.05) is 7.11 Å². The molecular formula is C20H23N5O2. The third kappa shape index (κ3) is 4.25. The average Bonchev–Trinajstić information content (AvgIpc) is 3.12. The molecule has 2 heterocycles. The molecule has 1 aromatic carbocycles. The molecular weight excluding hydrogens is 342 g/mol. The SMILES string of the molecule is COc1ccc(-n2nc(C(C)C)cc2-c2ccc(CNC(N)=O)cc2)cn1. The number of rotatable bonds is 6. The van der Waals surface area contributed by atoms with E-state index in [9.17, 15) is 4.79 Å². The standard InChI is InChI=1S/C20H23N5O2/c1-13(2)17-10-18(15-6-4-14(5-7-15)11-23-20(21)26)25(24-17)16-8-9-19(27-3)22-12-16/h4-10,12-13H,11H2,1-3H3,(H3,21,23,26). The van der Waals surface area contributed by atoms with Gasteiger partial charge in [-0.1, -0.05) is 38.1 Å². The molecule has 7 nitrogen and oxygen atoms in total. The Labute approximate surface area is 158 Å². The lowest BCUT2D eigenvalue weighted by Crippen LogP contribution is -2.28. The van der Waals surface area contributed by atoms with Crippen LogP contribution in [-0.4, -0.2) is 27.9 Å². The lowest BCUT2D eigenvalue weighted by atomic mass is 10.1. The highest BCUT2D eigenvalue weighted by atomic mass is 16.5. The Hall–Kier alpha value is -3.35. The maximum absolute atomic E-state index is 10.9. The Morgan fingerprint density at radius 1 is 1.22 bits per heavy atom. The van der Waals surface area contributed by atoms with Crippen LogP contribution >= 0.6 is 0 Å². The van der Waals surface area contributed by atoms with Gasteiger partial charge in [-0.05, 0) is 23.6 Å². The highest BCUT2D eigenvalue weighted by Crippen LogP contribution is 2.27. The van der Waals surface area contributed by atoms with Crippen LogP contribution in [0.5, 0.6) is 5.88 Å². The average molecular weight is 365 g/mol. The van der Waals surface area contributed by atoms with Gasteiger partial charge in [0.25, 0.3) is 0 Å². The van der Waals surface area contributed by atoms with Crippen LogP contribution in [0.2, 0.25) is 0 Å². The van der Waals surface area contributed by atoms with Gasteiger partial charge in [-0.2, -0.15) is 5.10 Å². The number of nitrogens with one attached hydrogen (secondary N) is 1. The molecule has 0 saturated heterocycles. The summed E-state index contributed by atoms with van der Waals surface area (Å²) in [6, 6.07) is 13.2. The van der Waals surface area contributed by atoms with Crippen LogP contribution in [0.1, 0.15) is 31.0 Å². The van der Waals surface area contributed by atoms with Gasteiger partial charge in [0, 0.05) is 18.2 Å². The zero-order valence-electron chi connectivity index (χ0n) is 15.6. The number of urea groups is 1. The van der Waals surface area contributed by atoms with Crippen molar-refractivity contribution < 1.29 is 9.53 Å². The van der Waals surface area contributed by atoms with E-state index in [0.717, 1.165) is 28.2 Å². The van der Waals surface area contributed by atoms with Crippen LogP contribution < -0.4 is 15.8 Å². The highest BCUT2D eigenvalue weighted by Gasteiger charge is 2.14. The van der Waals surface area contributed by atoms with Crippen molar-refractivity contribution in [1.29, 1.82) is 0 Å². The molecule has 0 aliphatic heterocycles. The summed E-state index contributed by atoms with van der Waals surface area (Å²) >= 11 is 0. The first kappa shape index (κ1) is 18.4. The number of ether oxygens (including phenoxy) is 1. The van der Waals surface area contributed by atoms with Gasteiger partial charge >= 0.3 is 6.03 Å². The fraction of sp³-hybridized carbons (Fsp3) is 0.250. The Bertz CT molecular complexity index is 915. The summed E-state index contributed by atoms with van der Waals surface area (Å²) in [5.41, 5.74) is 9.94. The Morgan fingerprint density at radius 3 is 2.52 bits per heavy atom. The van der Waals surface area contributed by atoms with Crippen molar-refractivity contribution in [3.05, 3.63) is 59.9 Å². The molecule has 0 atom stereocenters. The number of pyridine rings is 1. The number of aromatic nitrogens is 3. The predicted octanol–water partition coefficient (Wildman–Crippen LogP) is 3.23. The zero-order chi connectivity index (χ0) is 19.4. The summed E-state index contributed by atoms with van der Waals surface area (Å²) in [6.45, 7) is 4.62. The number of nitrogens with two attached hydrogens (primary N) is 1. The van der Waals surface area contributed by atoms with Crippen molar-refractivity contribution in [1.82, 2.24) is 20.1 Å². The van der Waals surface area contributed by atoms with Gasteiger partial charge in [0.2, 0.25) is 5.88 Å². The minimum absolute atomic E-state index is 0.301. The summed E-state index contributed by atoms with van der Waals surface area (Å²) in [7, 11) is 1.59. The highest BCUT2D eigenvalue weighted by molar-refractivity contribution is 5.71. The van der Waals surface area contributed by atoms with E-state index in [1.54, 1.807) is 13.3 Å². The van der Waals surface area contributed by atoms with Gasteiger partial charge < -0.3 is 15.8 Å². The number of primary amides is 1. The van der Waals surface area contributed by atoms with Gasteiger partial charge in [0.15, 0.2) is 0 Å². The molecule has 0 aliphatic carbocycles. The molecule has 27 heavy (non-hydrogen) atoms. The smallest absolute Gasteiger partial charge is 0.312 e. The van der Waals surface area contributed by atoms with E-state index >= 15 is 0 Å². The van der Waals surface area contributed by atoms with Crippen molar-refractivity contribution in [2.45, 2.75) is 26.3 Å². The van der Waals surface area contributed by atoms with Crippen LogP contribution in [0, 0.1) is 0 Å². The molecule has 0 fully saturated rings. The Morgan fingerprint density at radius 2 is 1.96 bits per heavy atom. The molecule has 2 aromatic heterocycles. The maximum Gasteiger partial charge on any atom is 0.312 e. The third-order valence-corrected chi connectivity index (χ3v) is 4.21. The molecule has 7 heteroatoms. The topological polar surface area (TPSA) is 95.1 Å².